The molecule has 0 aromatic rings. The minimum absolute atomic E-state index is 0.0921. The van der Waals surface area contributed by atoms with E-state index < -0.39 is 33.5 Å². The van der Waals surface area contributed by atoms with Gasteiger partial charge < -0.3 is 8.85 Å². The van der Waals surface area contributed by atoms with E-state index in [0.29, 0.717) is 4.66 Å². The van der Waals surface area contributed by atoms with Crippen LogP contribution in [0.1, 0.15) is 67.7 Å². The highest BCUT2D eigenvalue weighted by atomic mass is 28.4. The van der Waals surface area contributed by atoms with E-state index in [2.05, 4.69) is 101 Å². The maximum atomic E-state index is 7.34. The van der Waals surface area contributed by atoms with Gasteiger partial charge in [0.05, 0.1) is 13.7 Å². The molecule has 174 valence electrons. The molecule has 1 fully saturated rings. The molecule has 1 aliphatic rings. The van der Waals surface area contributed by atoms with Crippen LogP contribution in [0.25, 0.3) is 0 Å². The molecule has 29 heavy (non-hydrogen) atoms. The molecule has 0 aromatic carbocycles. The first-order valence-electron chi connectivity index (χ1n) is 12.1. The van der Waals surface area contributed by atoms with E-state index in [1.54, 1.807) is 0 Å². The highest BCUT2D eigenvalue weighted by Gasteiger charge is 2.69. The summed E-state index contributed by atoms with van der Waals surface area (Å²) in [5.74, 6) is 0. The van der Waals surface area contributed by atoms with Gasteiger partial charge in [-0.25, -0.2) is 0 Å². The fourth-order valence-corrected chi connectivity index (χ4v) is 24.0. The molecule has 0 saturated carbocycles. The van der Waals surface area contributed by atoms with Crippen LogP contribution in [0, 0.1) is 0 Å². The second-order valence-electron chi connectivity index (χ2n) is 13.0. The van der Waals surface area contributed by atoms with Crippen LogP contribution in [-0.4, -0.2) is 44.3 Å². The fourth-order valence-electron chi connectivity index (χ4n) is 5.72. The van der Waals surface area contributed by atoms with Crippen molar-refractivity contribution in [3.8, 4) is 0 Å². The number of rotatable bonds is 10. The third-order valence-corrected chi connectivity index (χ3v) is 30.4. The topological polar surface area (TPSA) is 18.5 Å². The quantitative estimate of drug-likeness (QED) is 0.299. The summed E-state index contributed by atoms with van der Waals surface area (Å²) in [4.78, 5) is 0. The Morgan fingerprint density at radius 2 is 1.41 bits per heavy atom. The summed E-state index contributed by atoms with van der Waals surface area (Å²) in [6, 6.07) is 1.30. The normalized spacial score (nSPS) is 33.2. The lowest BCUT2D eigenvalue weighted by Crippen LogP contribution is -2.76. The zero-order chi connectivity index (χ0) is 23.3. The summed E-state index contributed by atoms with van der Waals surface area (Å²) in [5, 5.41) is 0.279. The van der Waals surface area contributed by atoms with Crippen molar-refractivity contribution in [2.45, 2.75) is 147 Å². The Hall–Kier alpha value is 0.788. The predicted molar refractivity (Wildman–Crippen MR) is 143 cm³/mol. The van der Waals surface area contributed by atoms with Gasteiger partial charge in [0.25, 0.3) is 0 Å². The van der Waals surface area contributed by atoms with Crippen LogP contribution >= 0.6 is 0 Å². The Balaban J connectivity index is 3.30. The molecule has 1 saturated heterocycles. The summed E-state index contributed by atoms with van der Waals surface area (Å²) in [6.45, 7) is 37.0. The first kappa shape index (κ1) is 27.8. The molecule has 0 bridgehead atoms. The highest BCUT2D eigenvalue weighted by Crippen LogP contribution is 2.63. The van der Waals surface area contributed by atoms with Crippen molar-refractivity contribution in [3.05, 3.63) is 0 Å². The van der Waals surface area contributed by atoms with Crippen molar-refractivity contribution in [2.24, 2.45) is 0 Å². The van der Waals surface area contributed by atoms with Crippen LogP contribution in [0.2, 0.25) is 68.1 Å². The number of hydrogen-bond donors (Lipinski definition) is 0. The molecule has 6 atom stereocenters. The monoisotopic (exact) mass is 474 g/mol. The molecule has 5 unspecified atom stereocenters. The van der Waals surface area contributed by atoms with Crippen LogP contribution in [0.15, 0.2) is 0 Å². The summed E-state index contributed by atoms with van der Waals surface area (Å²) < 4.78 is 14.8. The van der Waals surface area contributed by atoms with E-state index in [1.807, 2.05) is 0 Å². The molecule has 1 heterocycles. The first-order chi connectivity index (χ1) is 12.7. The Kier molecular flexibility index (Phi) is 7.95. The molecular formula is C23H54O2Si4. The molecule has 0 aromatic heterocycles. The summed E-state index contributed by atoms with van der Waals surface area (Å²) in [7, 11) is -5.97. The lowest BCUT2D eigenvalue weighted by atomic mass is 9.85. The lowest BCUT2D eigenvalue weighted by Gasteiger charge is -2.67. The van der Waals surface area contributed by atoms with Crippen LogP contribution < -0.4 is 0 Å². The van der Waals surface area contributed by atoms with Crippen molar-refractivity contribution in [3.63, 3.8) is 0 Å². The zero-order valence-corrected chi connectivity index (χ0v) is 26.9. The molecular weight excluding hydrogens is 421 g/mol. The first-order valence-corrected chi connectivity index (χ1v) is 23.9. The Labute approximate surface area is 188 Å². The van der Waals surface area contributed by atoms with E-state index in [1.165, 1.54) is 12.5 Å². The largest absolute Gasteiger partial charge is 0.415 e. The summed E-state index contributed by atoms with van der Waals surface area (Å²) >= 11 is 0. The Morgan fingerprint density at radius 1 is 0.966 bits per heavy atom. The molecule has 6 heteroatoms. The second kappa shape index (κ2) is 8.29. The molecule has 0 amide bonds. The molecule has 0 spiro atoms. The minimum Gasteiger partial charge on any atom is -0.415 e. The molecule has 1 aliphatic heterocycles. The molecule has 0 aliphatic carbocycles. The van der Waals surface area contributed by atoms with Gasteiger partial charge in [-0.15, -0.1) is 0 Å². The van der Waals surface area contributed by atoms with E-state index in [4.69, 9.17) is 8.85 Å². The van der Waals surface area contributed by atoms with Crippen molar-refractivity contribution < 1.29 is 8.85 Å². The van der Waals surface area contributed by atoms with Gasteiger partial charge in [-0.2, -0.15) is 0 Å². The predicted octanol–water partition coefficient (Wildman–Crippen LogP) is 7.98. The maximum Gasteiger partial charge on any atom is 0.201 e. The van der Waals surface area contributed by atoms with E-state index in [-0.39, 0.29) is 15.9 Å². The van der Waals surface area contributed by atoms with Gasteiger partial charge in [-0.3, -0.25) is 0 Å². The van der Waals surface area contributed by atoms with E-state index in [9.17, 15) is 0 Å². The molecule has 0 radical (unpaired) electrons. The fraction of sp³-hybridized carbons (Fsp3) is 1.00. The maximum absolute atomic E-state index is 7.34. The summed E-state index contributed by atoms with van der Waals surface area (Å²) in [6.07, 6.45) is 3.48. The minimum atomic E-state index is -1.89. The highest BCUT2D eigenvalue weighted by molar-refractivity contribution is 6.90. The van der Waals surface area contributed by atoms with Crippen molar-refractivity contribution >= 4 is 33.5 Å². The smallest absolute Gasteiger partial charge is 0.201 e. The van der Waals surface area contributed by atoms with Gasteiger partial charge in [0.15, 0.2) is 9.04 Å². The third kappa shape index (κ3) is 4.37. The van der Waals surface area contributed by atoms with Gasteiger partial charge in [-0.1, -0.05) is 80.3 Å². The molecule has 0 N–H and O–H groups in total. The van der Waals surface area contributed by atoms with Gasteiger partial charge in [0.1, 0.15) is 0 Å². The lowest BCUT2D eigenvalue weighted by molar-refractivity contribution is -0.00602. The van der Waals surface area contributed by atoms with Crippen LogP contribution in [-0.2, 0) is 8.85 Å². The van der Waals surface area contributed by atoms with Crippen LogP contribution in [0.5, 0.6) is 0 Å². The number of hydrogen-bond acceptors (Lipinski definition) is 2. The standard InChI is InChI=1S/C23H54O2Si4/c1-16-20(4,24-26(8)23(7,18-3)28(12,13)14)21(5,17-2)29(15)19-22(6,25-29)27(9,10)11/h26H,16-19H2,1-15H3/t20?,21?,22-,23?,26?,29?/m1/s1. The average molecular weight is 475 g/mol. The van der Waals surface area contributed by atoms with Gasteiger partial charge >= 0.3 is 0 Å². The van der Waals surface area contributed by atoms with E-state index >= 15 is 0 Å². The van der Waals surface area contributed by atoms with E-state index in [0.717, 1.165) is 12.8 Å². The van der Waals surface area contributed by atoms with Crippen LogP contribution in [0.4, 0.5) is 0 Å². The van der Waals surface area contributed by atoms with Gasteiger partial charge in [-0.05, 0) is 50.5 Å². The second-order valence-corrected chi connectivity index (χ2v) is 31.7. The van der Waals surface area contributed by atoms with Gasteiger partial charge in [0, 0.05) is 18.3 Å². The molecule has 2 nitrogen and oxygen atoms in total. The zero-order valence-electron chi connectivity index (χ0n) is 22.7. The van der Waals surface area contributed by atoms with Crippen molar-refractivity contribution in [1.29, 1.82) is 0 Å². The molecule has 1 rings (SSSR count). The van der Waals surface area contributed by atoms with Gasteiger partial charge in [0.2, 0.25) is 8.32 Å². The third-order valence-electron chi connectivity index (χ3n) is 10.2. The summed E-state index contributed by atoms with van der Waals surface area (Å²) in [5.41, 5.74) is -0.0921. The average Bonchev–Trinajstić information content (AvgIpc) is 2.56. The van der Waals surface area contributed by atoms with Crippen LogP contribution in [0.3, 0.4) is 0 Å². The Bertz CT molecular complexity index is 576. The van der Waals surface area contributed by atoms with Crippen molar-refractivity contribution in [2.75, 3.05) is 0 Å². The SMILES string of the molecule is CCC(C)(O[SiH](C)C(C)(CC)[Si](C)(C)C)C(C)(CC)[Si]1(C)C[C@@](C)([Si](C)(C)C)O1. The Morgan fingerprint density at radius 3 is 1.69 bits per heavy atom. The van der Waals surface area contributed by atoms with Crippen molar-refractivity contribution in [1.82, 2.24) is 0 Å².